The average Bonchev–Trinajstić information content (AvgIpc) is 3.65. The molecule has 3 aromatic rings. The molecule has 210 valence electrons. The summed E-state index contributed by atoms with van der Waals surface area (Å²) < 4.78 is 28.7. The molecule has 8 heteroatoms. The summed E-state index contributed by atoms with van der Waals surface area (Å²) in [5.41, 5.74) is 4.41. The number of aromatic amines is 1. The van der Waals surface area contributed by atoms with E-state index in [9.17, 15) is 18.4 Å². The number of halogens is 2. The number of piperidine rings is 1. The highest BCUT2D eigenvalue weighted by molar-refractivity contribution is 6.36. The monoisotopic (exact) mass is 546 g/mol. The third kappa shape index (κ3) is 5.72. The fourth-order valence-corrected chi connectivity index (χ4v) is 6.05. The number of amides is 2. The van der Waals surface area contributed by atoms with Crippen molar-refractivity contribution >= 4 is 29.2 Å². The van der Waals surface area contributed by atoms with Crippen molar-refractivity contribution in [2.24, 2.45) is 0 Å². The van der Waals surface area contributed by atoms with Crippen molar-refractivity contribution in [2.45, 2.75) is 52.5 Å². The molecule has 3 aliphatic rings. The molecule has 2 amide bonds. The average molecular weight is 547 g/mol. The number of benzene rings is 2. The molecule has 2 fully saturated rings. The number of hydrogen-bond donors (Lipinski definition) is 2. The third-order valence-corrected chi connectivity index (χ3v) is 8.10. The highest BCUT2D eigenvalue weighted by Crippen LogP contribution is 2.42. The summed E-state index contributed by atoms with van der Waals surface area (Å²) in [6.07, 6.45) is 6.82. The summed E-state index contributed by atoms with van der Waals surface area (Å²) in [4.78, 5) is 31.5. The summed E-state index contributed by atoms with van der Waals surface area (Å²) in [5.74, 6) is -1.38. The Labute approximate surface area is 234 Å². The Bertz CT molecular complexity index is 1430. The fourth-order valence-electron chi connectivity index (χ4n) is 6.05. The van der Waals surface area contributed by atoms with Gasteiger partial charge in [-0.3, -0.25) is 9.59 Å². The van der Waals surface area contributed by atoms with Crippen molar-refractivity contribution in [1.82, 2.24) is 14.8 Å². The number of nitrogens with zero attached hydrogens (tertiary/aromatic N) is 2. The number of anilines is 1. The van der Waals surface area contributed by atoms with E-state index in [-0.39, 0.29) is 17.4 Å². The van der Waals surface area contributed by atoms with Crippen LogP contribution in [-0.4, -0.2) is 58.8 Å². The van der Waals surface area contributed by atoms with Gasteiger partial charge in [-0.2, -0.15) is 0 Å². The van der Waals surface area contributed by atoms with Gasteiger partial charge >= 0.3 is 0 Å². The normalized spacial score (nSPS) is 18.5. The molecule has 0 aliphatic carbocycles. The maximum atomic E-state index is 14.4. The second-order valence-electron chi connectivity index (χ2n) is 10.9. The van der Waals surface area contributed by atoms with Gasteiger partial charge in [-0.15, -0.1) is 0 Å². The Hall–Kier alpha value is -3.78. The molecular formula is C32H36F2N4O2. The molecule has 1 aromatic heterocycles. The van der Waals surface area contributed by atoms with Crippen LogP contribution in [0.5, 0.6) is 0 Å². The summed E-state index contributed by atoms with van der Waals surface area (Å²) in [6, 6.07) is 11.5. The van der Waals surface area contributed by atoms with Crippen LogP contribution in [0.4, 0.5) is 14.5 Å². The van der Waals surface area contributed by atoms with Gasteiger partial charge in [-0.1, -0.05) is 18.2 Å². The minimum atomic E-state index is -0.663. The van der Waals surface area contributed by atoms with Crippen LogP contribution in [0, 0.1) is 25.5 Å². The third-order valence-electron chi connectivity index (χ3n) is 8.10. The standard InChI is InChI=1S/C21H16F2N2O.C11H20N2O/c1-11-9-12(2)24-18(11)10-14-19-13(5-3-8-17(19)25-21(14)26)20-15(22)6-4-7-16(20)23;1-10(14)12-8-4-11(5-9-12)13-6-2-3-7-13/h3-10,24H,1-2H3,(H,25,26);11H,2-9H2,1H3/b14-10-;. The molecule has 0 unspecified atom stereocenters. The van der Waals surface area contributed by atoms with E-state index in [0.717, 1.165) is 36.1 Å². The molecule has 0 bridgehead atoms. The first-order valence-corrected chi connectivity index (χ1v) is 14.0. The lowest BCUT2D eigenvalue weighted by atomic mass is 9.93. The number of hydrogen-bond acceptors (Lipinski definition) is 3. The predicted molar refractivity (Wildman–Crippen MR) is 155 cm³/mol. The minimum absolute atomic E-state index is 0.133. The van der Waals surface area contributed by atoms with Crippen LogP contribution in [0.3, 0.4) is 0 Å². The Balaban J connectivity index is 0.000000194. The van der Waals surface area contributed by atoms with E-state index in [2.05, 4.69) is 15.2 Å². The van der Waals surface area contributed by atoms with Crippen LogP contribution in [0.15, 0.2) is 42.5 Å². The molecule has 0 spiro atoms. The molecule has 0 radical (unpaired) electrons. The summed E-state index contributed by atoms with van der Waals surface area (Å²) in [5, 5.41) is 2.78. The van der Waals surface area contributed by atoms with Crippen LogP contribution in [0.2, 0.25) is 0 Å². The number of carbonyl (C=O) groups is 2. The molecular weight excluding hydrogens is 510 g/mol. The smallest absolute Gasteiger partial charge is 0.256 e. The van der Waals surface area contributed by atoms with E-state index in [1.54, 1.807) is 31.2 Å². The van der Waals surface area contributed by atoms with Gasteiger partial charge in [0.25, 0.3) is 5.91 Å². The van der Waals surface area contributed by atoms with Crippen LogP contribution in [0.1, 0.15) is 55.1 Å². The zero-order valence-corrected chi connectivity index (χ0v) is 23.3. The molecule has 2 N–H and O–H groups in total. The van der Waals surface area contributed by atoms with Gasteiger partial charge in [0.05, 0.1) is 11.1 Å². The van der Waals surface area contributed by atoms with E-state index in [1.165, 1.54) is 57.0 Å². The van der Waals surface area contributed by atoms with Crippen molar-refractivity contribution in [2.75, 3.05) is 31.5 Å². The fraction of sp³-hybridized carbons (Fsp3) is 0.375. The van der Waals surface area contributed by atoms with Crippen LogP contribution < -0.4 is 5.32 Å². The van der Waals surface area contributed by atoms with Crippen molar-refractivity contribution < 1.29 is 18.4 Å². The van der Waals surface area contributed by atoms with Gasteiger partial charge in [0, 0.05) is 48.7 Å². The molecule has 6 rings (SSSR count). The summed E-state index contributed by atoms with van der Waals surface area (Å²) in [6.45, 7) is 10.0. The van der Waals surface area contributed by atoms with Crippen molar-refractivity contribution in [3.63, 3.8) is 0 Å². The second kappa shape index (κ2) is 11.8. The molecule has 6 nitrogen and oxygen atoms in total. The largest absolute Gasteiger partial charge is 0.359 e. The van der Waals surface area contributed by atoms with E-state index >= 15 is 0 Å². The van der Waals surface area contributed by atoms with Gasteiger partial charge in [-0.25, -0.2) is 8.78 Å². The van der Waals surface area contributed by atoms with Crippen LogP contribution in [0.25, 0.3) is 22.8 Å². The maximum Gasteiger partial charge on any atom is 0.256 e. The Morgan fingerprint density at radius 1 is 0.950 bits per heavy atom. The molecule has 2 aromatic carbocycles. The topological polar surface area (TPSA) is 68.4 Å². The number of rotatable bonds is 3. The van der Waals surface area contributed by atoms with Crippen LogP contribution in [-0.2, 0) is 9.59 Å². The number of H-pyrrole nitrogens is 1. The second-order valence-corrected chi connectivity index (χ2v) is 10.9. The molecule has 40 heavy (non-hydrogen) atoms. The molecule has 4 heterocycles. The van der Waals surface area contributed by atoms with Crippen molar-refractivity contribution in [1.29, 1.82) is 0 Å². The molecule has 0 saturated carbocycles. The lowest BCUT2D eigenvalue weighted by molar-refractivity contribution is -0.130. The van der Waals surface area contributed by atoms with E-state index < -0.39 is 11.6 Å². The van der Waals surface area contributed by atoms with Crippen molar-refractivity contribution in [3.8, 4) is 11.1 Å². The van der Waals surface area contributed by atoms with Gasteiger partial charge in [0.1, 0.15) is 11.6 Å². The first kappa shape index (κ1) is 27.8. The van der Waals surface area contributed by atoms with Gasteiger partial charge < -0.3 is 20.1 Å². The Kier molecular flexibility index (Phi) is 8.17. The predicted octanol–water partition coefficient (Wildman–Crippen LogP) is 6.16. The lowest BCUT2D eigenvalue weighted by Gasteiger charge is -2.36. The minimum Gasteiger partial charge on any atom is -0.359 e. The summed E-state index contributed by atoms with van der Waals surface area (Å²) >= 11 is 0. The number of likely N-dealkylation sites (tertiary alicyclic amines) is 2. The van der Waals surface area contributed by atoms with E-state index in [4.69, 9.17) is 0 Å². The molecule has 3 aliphatic heterocycles. The number of carbonyl (C=O) groups excluding carboxylic acids is 2. The van der Waals surface area contributed by atoms with Gasteiger partial charge in [0.15, 0.2) is 0 Å². The van der Waals surface area contributed by atoms with Crippen LogP contribution >= 0.6 is 0 Å². The van der Waals surface area contributed by atoms with Crippen molar-refractivity contribution in [3.05, 3.63) is 76.6 Å². The van der Waals surface area contributed by atoms with Gasteiger partial charge in [-0.05, 0) is 94.1 Å². The first-order chi connectivity index (χ1) is 19.2. The maximum absolute atomic E-state index is 14.4. The summed E-state index contributed by atoms with van der Waals surface area (Å²) in [7, 11) is 0. The van der Waals surface area contributed by atoms with E-state index in [1.807, 2.05) is 24.8 Å². The Morgan fingerprint density at radius 2 is 1.60 bits per heavy atom. The van der Waals surface area contributed by atoms with E-state index in [0.29, 0.717) is 22.4 Å². The highest BCUT2D eigenvalue weighted by Gasteiger charge is 2.30. The lowest BCUT2D eigenvalue weighted by Crippen LogP contribution is -2.45. The number of nitrogens with one attached hydrogen (secondary N) is 2. The number of aromatic nitrogens is 1. The zero-order valence-electron chi connectivity index (χ0n) is 23.3. The molecule has 2 saturated heterocycles. The Morgan fingerprint density at radius 3 is 2.20 bits per heavy atom. The highest BCUT2D eigenvalue weighted by atomic mass is 19.1. The number of aryl methyl sites for hydroxylation is 2. The number of fused-ring (bicyclic) bond motifs is 1. The zero-order chi connectivity index (χ0) is 28.4. The first-order valence-electron chi connectivity index (χ1n) is 14.0. The molecule has 0 atom stereocenters. The SMILES string of the molecule is CC(=O)N1CCC(N2CCCC2)CC1.Cc1cc(C)c(/C=C2\C(=O)Nc3cccc(-c4c(F)cccc4F)c32)[nH]1. The van der Waals surface area contributed by atoms with Gasteiger partial charge in [0.2, 0.25) is 5.91 Å². The quantitative estimate of drug-likeness (QED) is 0.387.